The van der Waals surface area contributed by atoms with Crippen LogP contribution < -0.4 is 5.32 Å². The molecule has 2 atom stereocenters. The van der Waals surface area contributed by atoms with Crippen LogP contribution in [0.2, 0.25) is 0 Å². The average Bonchev–Trinajstić information content (AvgIpc) is 3.49. The van der Waals surface area contributed by atoms with Crippen molar-refractivity contribution in [3.05, 3.63) is 47.2 Å². The van der Waals surface area contributed by atoms with Gasteiger partial charge in [-0.2, -0.15) is 0 Å². The highest BCUT2D eigenvalue weighted by Crippen LogP contribution is 2.48. The van der Waals surface area contributed by atoms with E-state index in [1.165, 1.54) is 24.8 Å². The van der Waals surface area contributed by atoms with Gasteiger partial charge in [0.1, 0.15) is 11.6 Å². The standard InChI is InChI=1S/C28H44N4O2/c1-18(2)14-20(5)8-7-12-29-28(34)21(6)25(11-13-33)27-31-30-26(32(27)24-9-10-24)23-16-22(17-23)15-19(3)4/h7-8,12,14,19,21-25,33H,9-11,13,15-17H2,1-6H3,(H,29,34)/b12-7+,20-8-. The molecule has 1 aromatic rings. The molecule has 2 aliphatic rings. The Bertz CT molecular complexity index is 913. The van der Waals surface area contributed by atoms with Crippen molar-refractivity contribution in [1.29, 1.82) is 0 Å². The molecule has 2 N–H and O–H groups in total. The van der Waals surface area contributed by atoms with Gasteiger partial charge in [-0.15, -0.1) is 10.2 Å². The monoisotopic (exact) mass is 468 g/mol. The number of nitrogens with one attached hydrogen (secondary N) is 1. The van der Waals surface area contributed by atoms with E-state index in [4.69, 9.17) is 0 Å². The summed E-state index contributed by atoms with van der Waals surface area (Å²) in [4.78, 5) is 13.0. The topological polar surface area (TPSA) is 80.0 Å². The highest BCUT2D eigenvalue weighted by atomic mass is 16.3. The minimum absolute atomic E-state index is 0.0233. The summed E-state index contributed by atoms with van der Waals surface area (Å²) in [5.41, 5.74) is 2.37. The molecule has 0 aromatic carbocycles. The first kappa shape index (κ1) is 26.4. The molecule has 1 aromatic heterocycles. The third-order valence-corrected chi connectivity index (χ3v) is 7.05. The molecule has 3 rings (SSSR count). The molecule has 1 amide bonds. The number of hydrogen-bond acceptors (Lipinski definition) is 4. The molecule has 0 bridgehead atoms. The maximum atomic E-state index is 13.0. The number of aliphatic hydroxyl groups excluding tert-OH is 1. The second-order valence-corrected chi connectivity index (χ2v) is 11.1. The van der Waals surface area contributed by atoms with Crippen molar-refractivity contribution < 1.29 is 9.90 Å². The molecule has 2 saturated carbocycles. The van der Waals surface area contributed by atoms with Crippen LogP contribution in [0.25, 0.3) is 0 Å². The summed E-state index contributed by atoms with van der Waals surface area (Å²) in [6.07, 6.45) is 14.1. The maximum absolute atomic E-state index is 13.0. The summed E-state index contributed by atoms with van der Waals surface area (Å²) < 4.78 is 2.34. The summed E-state index contributed by atoms with van der Waals surface area (Å²) >= 11 is 0. The molecule has 2 aliphatic carbocycles. The van der Waals surface area contributed by atoms with E-state index in [1.807, 2.05) is 26.0 Å². The molecule has 2 fully saturated rings. The molecular weight excluding hydrogens is 424 g/mol. The van der Waals surface area contributed by atoms with Crippen molar-refractivity contribution in [3.8, 4) is 0 Å². The normalized spacial score (nSPS) is 22.5. The molecule has 0 radical (unpaired) electrons. The zero-order valence-corrected chi connectivity index (χ0v) is 21.9. The second-order valence-electron chi connectivity index (χ2n) is 11.1. The van der Waals surface area contributed by atoms with Gasteiger partial charge in [-0.05, 0) is 77.2 Å². The molecule has 6 nitrogen and oxygen atoms in total. The van der Waals surface area contributed by atoms with E-state index in [9.17, 15) is 9.90 Å². The molecule has 34 heavy (non-hydrogen) atoms. The van der Waals surface area contributed by atoms with Crippen LogP contribution in [0, 0.1) is 17.8 Å². The Balaban J connectivity index is 1.71. The quantitative estimate of drug-likeness (QED) is 0.380. The average molecular weight is 469 g/mol. The van der Waals surface area contributed by atoms with Gasteiger partial charge in [0, 0.05) is 36.6 Å². The van der Waals surface area contributed by atoms with Crippen molar-refractivity contribution >= 4 is 5.91 Å². The van der Waals surface area contributed by atoms with Crippen LogP contribution in [0.15, 0.2) is 35.6 Å². The predicted molar refractivity (Wildman–Crippen MR) is 137 cm³/mol. The number of aromatic nitrogens is 3. The highest BCUT2D eigenvalue weighted by Gasteiger charge is 2.40. The Kier molecular flexibility index (Phi) is 9.29. The minimum atomic E-state index is -0.315. The molecular formula is C28H44N4O2. The van der Waals surface area contributed by atoms with Gasteiger partial charge in [0.2, 0.25) is 5.91 Å². The van der Waals surface area contributed by atoms with Crippen molar-refractivity contribution in [1.82, 2.24) is 20.1 Å². The molecule has 0 saturated heterocycles. The largest absolute Gasteiger partial charge is 0.396 e. The predicted octanol–water partition coefficient (Wildman–Crippen LogP) is 5.80. The Morgan fingerprint density at radius 3 is 2.47 bits per heavy atom. The van der Waals surface area contributed by atoms with E-state index in [0.717, 1.165) is 41.9 Å². The number of carbonyl (C=O) groups is 1. The fraction of sp³-hybridized carbons (Fsp3) is 0.679. The van der Waals surface area contributed by atoms with Crippen LogP contribution in [0.1, 0.15) is 110 Å². The molecule has 6 heteroatoms. The van der Waals surface area contributed by atoms with Crippen LogP contribution in [-0.2, 0) is 4.79 Å². The Morgan fingerprint density at radius 2 is 1.88 bits per heavy atom. The Labute approximate surface area is 205 Å². The van der Waals surface area contributed by atoms with Crippen LogP contribution in [0.3, 0.4) is 0 Å². The summed E-state index contributed by atoms with van der Waals surface area (Å²) in [5, 5.41) is 22.0. The van der Waals surface area contributed by atoms with Gasteiger partial charge < -0.3 is 15.0 Å². The van der Waals surface area contributed by atoms with E-state index in [1.54, 1.807) is 6.20 Å². The van der Waals surface area contributed by atoms with Crippen molar-refractivity contribution in [2.45, 2.75) is 97.9 Å². The van der Waals surface area contributed by atoms with Gasteiger partial charge in [-0.25, -0.2) is 0 Å². The van der Waals surface area contributed by atoms with Gasteiger partial charge >= 0.3 is 0 Å². The maximum Gasteiger partial charge on any atom is 0.227 e. The van der Waals surface area contributed by atoms with E-state index in [-0.39, 0.29) is 24.3 Å². The number of amides is 1. The molecule has 188 valence electrons. The van der Waals surface area contributed by atoms with E-state index in [2.05, 4.69) is 53.9 Å². The first-order valence-electron chi connectivity index (χ1n) is 13.0. The number of hydrogen-bond donors (Lipinski definition) is 2. The number of aliphatic hydroxyl groups is 1. The molecule has 0 aliphatic heterocycles. The van der Waals surface area contributed by atoms with Crippen LogP contribution in [0.4, 0.5) is 0 Å². The Morgan fingerprint density at radius 1 is 1.18 bits per heavy atom. The zero-order chi connectivity index (χ0) is 24.8. The van der Waals surface area contributed by atoms with Crippen LogP contribution >= 0.6 is 0 Å². The molecule has 2 unspecified atom stereocenters. The minimum Gasteiger partial charge on any atom is -0.396 e. The number of nitrogens with zero attached hydrogens (tertiary/aromatic N) is 3. The summed E-state index contributed by atoms with van der Waals surface area (Å²) in [6.45, 7) is 12.7. The first-order chi connectivity index (χ1) is 16.2. The SMILES string of the molecule is CC(C)=C/C(C)=C\C=C\NC(=O)C(C)C(CCO)c1nnc(C2CC(CC(C)C)C2)n1C1CC1. The lowest BCUT2D eigenvalue weighted by atomic mass is 9.71. The third-order valence-electron chi connectivity index (χ3n) is 7.05. The number of rotatable bonds is 12. The lowest BCUT2D eigenvalue weighted by molar-refractivity contribution is -0.124. The smallest absolute Gasteiger partial charge is 0.227 e. The van der Waals surface area contributed by atoms with Gasteiger partial charge in [-0.3, -0.25) is 4.79 Å². The van der Waals surface area contributed by atoms with Gasteiger partial charge in [0.15, 0.2) is 0 Å². The highest BCUT2D eigenvalue weighted by molar-refractivity contribution is 5.80. The van der Waals surface area contributed by atoms with Gasteiger partial charge in [0.05, 0.1) is 0 Å². The van der Waals surface area contributed by atoms with E-state index < -0.39 is 0 Å². The fourth-order valence-corrected chi connectivity index (χ4v) is 5.25. The lowest BCUT2D eigenvalue weighted by Crippen LogP contribution is -2.31. The summed E-state index contributed by atoms with van der Waals surface area (Å²) in [5.74, 6) is 3.45. The van der Waals surface area contributed by atoms with Crippen LogP contribution in [-0.4, -0.2) is 32.4 Å². The van der Waals surface area contributed by atoms with Crippen molar-refractivity contribution in [2.24, 2.45) is 17.8 Å². The Hall–Kier alpha value is -2.21. The third kappa shape index (κ3) is 6.91. The summed E-state index contributed by atoms with van der Waals surface area (Å²) in [7, 11) is 0. The van der Waals surface area contributed by atoms with E-state index >= 15 is 0 Å². The number of carbonyl (C=O) groups excluding carboxylic acids is 1. The van der Waals surface area contributed by atoms with Crippen LogP contribution in [0.5, 0.6) is 0 Å². The van der Waals surface area contributed by atoms with E-state index in [0.29, 0.717) is 18.4 Å². The lowest BCUT2D eigenvalue weighted by Gasteiger charge is -2.36. The number of allylic oxidation sites excluding steroid dienone is 5. The molecule has 1 heterocycles. The van der Waals surface area contributed by atoms with Crippen molar-refractivity contribution in [3.63, 3.8) is 0 Å². The molecule has 0 spiro atoms. The first-order valence-corrected chi connectivity index (χ1v) is 13.0. The second kappa shape index (κ2) is 12.0. The summed E-state index contributed by atoms with van der Waals surface area (Å²) in [6, 6.07) is 0.448. The van der Waals surface area contributed by atoms with Gasteiger partial charge in [0.25, 0.3) is 0 Å². The van der Waals surface area contributed by atoms with Crippen molar-refractivity contribution in [2.75, 3.05) is 6.61 Å². The van der Waals surface area contributed by atoms with Gasteiger partial charge in [-0.1, -0.05) is 44.1 Å². The zero-order valence-electron chi connectivity index (χ0n) is 21.9. The fourth-order valence-electron chi connectivity index (χ4n) is 5.25.